The quantitative estimate of drug-likeness (QED) is 0.817. The van der Waals surface area contributed by atoms with E-state index in [0.29, 0.717) is 10.7 Å². The van der Waals surface area contributed by atoms with Gasteiger partial charge in [-0.05, 0) is 53.7 Å². The van der Waals surface area contributed by atoms with E-state index in [0.717, 1.165) is 0 Å². The van der Waals surface area contributed by atoms with E-state index in [9.17, 15) is 8.42 Å². The van der Waals surface area contributed by atoms with Gasteiger partial charge in [0, 0.05) is 11.2 Å². The van der Waals surface area contributed by atoms with Crippen molar-refractivity contribution < 1.29 is 8.42 Å². The Hall–Kier alpha value is -0.630. The van der Waals surface area contributed by atoms with Crippen LogP contribution in [-0.4, -0.2) is 29.1 Å². The Morgan fingerprint density at radius 1 is 1.18 bits per heavy atom. The van der Waals surface area contributed by atoms with Crippen LogP contribution in [-0.2, 0) is 22.0 Å². The topological polar surface area (TPSA) is 85.4 Å². The molecular weight excluding hydrogens is 342 g/mol. The molecule has 0 bridgehead atoms. The Bertz CT molecular complexity index is 564. The van der Waals surface area contributed by atoms with Gasteiger partial charge in [-0.25, -0.2) is 8.42 Å². The lowest BCUT2D eigenvalue weighted by Crippen LogP contribution is -2.27. The second kappa shape index (κ2) is 8.86. The maximum Gasteiger partial charge on any atom is 0.144 e. The summed E-state index contributed by atoms with van der Waals surface area (Å²) in [7, 11) is -2.44. The van der Waals surface area contributed by atoms with Crippen LogP contribution in [0.1, 0.15) is 47.2 Å². The second-order valence-corrected chi connectivity index (χ2v) is 10.6. The first-order chi connectivity index (χ1) is 9.84. The van der Waals surface area contributed by atoms with Gasteiger partial charge in [-0.3, -0.25) is 10.1 Å². The van der Waals surface area contributed by atoms with E-state index in [-0.39, 0.29) is 9.49 Å². The van der Waals surface area contributed by atoms with Crippen molar-refractivity contribution in [2.45, 2.75) is 51.0 Å². The van der Waals surface area contributed by atoms with Crippen molar-refractivity contribution in [1.82, 2.24) is 4.98 Å². The second-order valence-electron chi connectivity index (χ2n) is 6.40. The van der Waals surface area contributed by atoms with Crippen molar-refractivity contribution >= 4 is 39.8 Å². The Morgan fingerprint density at radius 3 is 2.05 bits per heavy atom. The number of aromatic nitrogens is 1. The normalized spacial score (nSPS) is 15.1. The van der Waals surface area contributed by atoms with Gasteiger partial charge in [-0.15, -0.1) is 0 Å². The van der Waals surface area contributed by atoms with Crippen molar-refractivity contribution in [3.05, 3.63) is 29.0 Å². The molecule has 126 valence electrons. The summed E-state index contributed by atoms with van der Waals surface area (Å²) in [5, 5.41) is 5.63. The van der Waals surface area contributed by atoms with Crippen molar-refractivity contribution in [3.63, 3.8) is 0 Å². The summed E-state index contributed by atoms with van der Waals surface area (Å²) in [4.78, 5) is 4.03. The number of hydrogen-bond acceptors (Lipinski definition) is 3. The summed E-state index contributed by atoms with van der Waals surface area (Å²) >= 11 is 5.77. The minimum atomic E-state index is -1.26. The van der Waals surface area contributed by atoms with Gasteiger partial charge >= 0.3 is 0 Å². The van der Waals surface area contributed by atoms with Crippen LogP contribution in [0.25, 0.3) is 0 Å². The van der Waals surface area contributed by atoms with E-state index >= 15 is 0 Å². The van der Waals surface area contributed by atoms with Crippen molar-refractivity contribution in [1.29, 1.82) is 0 Å². The fourth-order valence-electron chi connectivity index (χ4n) is 0.752. The van der Waals surface area contributed by atoms with E-state index < -0.39 is 22.0 Å². The van der Waals surface area contributed by atoms with Crippen LogP contribution >= 0.6 is 11.6 Å². The van der Waals surface area contributed by atoms with E-state index in [1.165, 1.54) is 6.21 Å². The molecule has 5 nitrogen and oxygen atoms in total. The molecule has 0 aromatic carbocycles. The Balaban J connectivity index is 0.000000534. The lowest BCUT2D eigenvalue weighted by atomic mass is 10.3. The smallest absolute Gasteiger partial charge is 0.144 e. The third-order valence-electron chi connectivity index (χ3n) is 2.15. The summed E-state index contributed by atoms with van der Waals surface area (Å²) in [5.74, 6) is 0. The van der Waals surface area contributed by atoms with Gasteiger partial charge in [-0.2, -0.15) is 4.40 Å². The van der Waals surface area contributed by atoms with Gasteiger partial charge in [0.05, 0.1) is 32.4 Å². The first kappa shape index (κ1) is 21.4. The van der Waals surface area contributed by atoms with Crippen LogP contribution in [0.4, 0.5) is 0 Å². The average Bonchev–Trinajstić information content (AvgIpc) is 2.34. The first-order valence-corrected chi connectivity index (χ1v) is 9.27. The van der Waals surface area contributed by atoms with E-state index in [2.05, 4.69) is 9.38 Å². The molecule has 8 heteroatoms. The standard InChI is InChI=1S/C10H13ClN2OS.C4H11NOS/c1-10(2,3)15(14)13-7-9-6-8(11)4-5-12-9;1-4(2,3)7(5)6/h4-7H,1-3H3;5H2,1-3H3/t15-;/m0./s1. The number of rotatable bonds is 2. The highest BCUT2D eigenvalue weighted by molar-refractivity contribution is 7.85. The SMILES string of the molecule is CC(C)(C)S(N)=O.CC(C)(C)[S@](=O)N=Cc1cc(Cl)ccn1. The summed E-state index contributed by atoms with van der Waals surface area (Å²) in [6.45, 7) is 11.1. The van der Waals surface area contributed by atoms with E-state index in [1.807, 2.05) is 41.5 Å². The molecule has 0 radical (unpaired) electrons. The maximum absolute atomic E-state index is 11.6. The monoisotopic (exact) mass is 365 g/mol. The van der Waals surface area contributed by atoms with Crippen LogP contribution in [0, 0.1) is 0 Å². The summed E-state index contributed by atoms with van der Waals surface area (Å²) in [5.41, 5.74) is 0.611. The molecule has 0 saturated carbocycles. The molecule has 2 atom stereocenters. The summed E-state index contributed by atoms with van der Waals surface area (Å²) < 4.78 is 25.3. The summed E-state index contributed by atoms with van der Waals surface area (Å²) in [6.07, 6.45) is 3.07. The van der Waals surface area contributed by atoms with Gasteiger partial charge in [0.15, 0.2) is 0 Å². The maximum atomic E-state index is 11.6. The fourth-order valence-corrected chi connectivity index (χ4v) is 1.44. The van der Waals surface area contributed by atoms with Crippen LogP contribution < -0.4 is 5.14 Å². The number of nitrogens with zero attached hydrogens (tertiary/aromatic N) is 2. The molecule has 0 saturated heterocycles. The Morgan fingerprint density at radius 2 is 1.68 bits per heavy atom. The van der Waals surface area contributed by atoms with E-state index in [1.54, 1.807) is 18.3 Å². The molecule has 2 N–H and O–H groups in total. The molecule has 0 fully saturated rings. The highest BCUT2D eigenvalue weighted by Gasteiger charge is 2.18. The largest absolute Gasteiger partial charge is 0.255 e. The third kappa shape index (κ3) is 9.40. The first-order valence-electron chi connectivity index (χ1n) is 6.58. The predicted molar refractivity (Wildman–Crippen MR) is 96.8 cm³/mol. The molecule has 0 amide bonds. The third-order valence-corrected chi connectivity index (χ3v) is 4.94. The van der Waals surface area contributed by atoms with Gasteiger partial charge in [0.1, 0.15) is 11.0 Å². The molecule has 1 aromatic rings. The van der Waals surface area contributed by atoms with Crippen LogP contribution in [0.2, 0.25) is 5.02 Å². The molecule has 1 unspecified atom stereocenters. The van der Waals surface area contributed by atoms with Gasteiger partial charge in [0.25, 0.3) is 0 Å². The molecule has 0 aliphatic rings. The minimum absolute atomic E-state index is 0.250. The molecule has 0 spiro atoms. The van der Waals surface area contributed by atoms with Gasteiger partial charge in [-0.1, -0.05) is 11.6 Å². The molecular formula is C14H24ClN3O2S2. The van der Waals surface area contributed by atoms with Crippen molar-refractivity contribution in [2.24, 2.45) is 9.54 Å². The molecule has 0 aliphatic carbocycles. The van der Waals surface area contributed by atoms with Crippen molar-refractivity contribution in [3.8, 4) is 0 Å². The van der Waals surface area contributed by atoms with Gasteiger partial charge in [0.2, 0.25) is 0 Å². The number of pyridine rings is 1. The fraction of sp³-hybridized carbons (Fsp3) is 0.571. The number of hydrogen-bond donors (Lipinski definition) is 1. The molecule has 1 heterocycles. The Kier molecular flexibility index (Phi) is 8.61. The summed E-state index contributed by atoms with van der Waals surface area (Å²) in [6, 6.07) is 3.35. The zero-order valence-corrected chi connectivity index (χ0v) is 16.2. The van der Waals surface area contributed by atoms with Gasteiger partial charge < -0.3 is 0 Å². The lowest BCUT2D eigenvalue weighted by molar-refractivity contribution is 0.650. The van der Waals surface area contributed by atoms with Crippen LogP contribution in [0.5, 0.6) is 0 Å². The van der Waals surface area contributed by atoms with Crippen molar-refractivity contribution in [2.75, 3.05) is 0 Å². The number of nitrogens with two attached hydrogens (primary N) is 1. The lowest BCUT2D eigenvalue weighted by Gasteiger charge is -2.12. The molecule has 1 aromatic heterocycles. The Labute approximate surface area is 142 Å². The molecule has 1 rings (SSSR count). The zero-order chi connectivity index (χ0) is 17.6. The average molecular weight is 366 g/mol. The molecule has 22 heavy (non-hydrogen) atoms. The van der Waals surface area contributed by atoms with E-state index in [4.69, 9.17) is 16.7 Å². The minimum Gasteiger partial charge on any atom is -0.255 e. The zero-order valence-electron chi connectivity index (χ0n) is 13.8. The predicted octanol–water partition coefficient (Wildman–Crippen LogP) is 3.02. The highest BCUT2D eigenvalue weighted by atomic mass is 35.5. The van der Waals surface area contributed by atoms with Crippen LogP contribution in [0.15, 0.2) is 22.7 Å². The molecule has 0 aliphatic heterocycles. The highest BCUT2D eigenvalue weighted by Crippen LogP contribution is 2.12. The number of halogens is 1. The van der Waals surface area contributed by atoms with Crippen LogP contribution in [0.3, 0.4) is 0 Å².